The maximum absolute atomic E-state index is 5.15. The highest BCUT2D eigenvalue weighted by Crippen LogP contribution is 2.19. The third kappa shape index (κ3) is 1.57. The van der Waals surface area contributed by atoms with Gasteiger partial charge in [0, 0.05) is 14.0 Å². The Hall–Kier alpha value is -0.900. The van der Waals surface area contributed by atoms with Gasteiger partial charge in [0.2, 0.25) is 11.7 Å². The molecule has 1 aromatic rings. The topological polar surface area (TPSA) is 48.2 Å². The molecule has 0 radical (unpaired) electrons. The SMILES string of the molecule is COC(C)(C)c1noc(C)n1. The van der Waals surface area contributed by atoms with Gasteiger partial charge in [-0.05, 0) is 13.8 Å². The van der Waals surface area contributed by atoms with Crippen molar-refractivity contribution in [1.82, 2.24) is 10.1 Å². The molecule has 0 aliphatic heterocycles. The zero-order valence-corrected chi connectivity index (χ0v) is 7.21. The first-order valence-electron chi connectivity index (χ1n) is 3.42. The minimum atomic E-state index is -0.461. The first kappa shape index (κ1) is 8.20. The second-order valence-electron chi connectivity index (χ2n) is 2.85. The number of hydrogen-bond donors (Lipinski definition) is 0. The zero-order valence-electron chi connectivity index (χ0n) is 7.21. The highest BCUT2D eigenvalue weighted by atomic mass is 16.5. The van der Waals surface area contributed by atoms with Crippen LogP contribution in [0.1, 0.15) is 25.6 Å². The maximum Gasteiger partial charge on any atom is 0.223 e. The van der Waals surface area contributed by atoms with E-state index in [1.54, 1.807) is 14.0 Å². The Morgan fingerprint density at radius 3 is 2.45 bits per heavy atom. The average molecular weight is 156 g/mol. The van der Waals surface area contributed by atoms with E-state index in [0.29, 0.717) is 11.7 Å². The summed E-state index contributed by atoms with van der Waals surface area (Å²) in [6.07, 6.45) is 0. The van der Waals surface area contributed by atoms with Gasteiger partial charge in [-0.1, -0.05) is 5.16 Å². The third-order valence-electron chi connectivity index (χ3n) is 1.58. The predicted octanol–water partition coefficient (Wildman–Crippen LogP) is 1.26. The van der Waals surface area contributed by atoms with Crippen LogP contribution in [-0.4, -0.2) is 17.3 Å². The van der Waals surface area contributed by atoms with E-state index in [4.69, 9.17) is 9.26 Å². The van der Waals surface area contributed by atoms with E-state index in [0.717, 1.165) is 0 Å². The molecule has 1 rings (SSSR count). The molecule has 0 bridgehead atoms. The van der Waals surface area contributed by atoms with Crippen molar-refractivity contribution in [2.24, 2.45) is 0 Å². The van der Waals surface area contributed by atoms with E-state index in [2.05, 4.69) is 10.1 Å². The predicted molar refractivity (Wildman–Crippen MR) is 39.1 cm³/mol. The lowest BCUT2D eigenvalue weighted by molar-refractivity contribution is 0.00973. The van der Waals surface area contributed by atoms with Gasteiger partial charge in [0.25, 0.3) is 0 Å². The van der Waals surface area contributed by atoms with Gasteiger partial charge < -0.3 is 9.26 Å². The van der Waals surface area contributed by atoms with Gasteiger partial charge in [0.1, 0.15) is 5.60 Å². The normalized spacial score (nSPS) is 12.0. The number of rotatable bonds is 2. The summed E-state index contributed by atoms with van der Waals surface area (Å²) in [7, 11) is 1.62. The molecule has 0 aliphatic carbocycles. The highest BCUT2D eigenvalue weighted by molar-refractivity contribution is 4.95. The van der Waals surface area contributed by atoms with Crippen LogP contribution in [0.15, 0.2) is 4.52 Å². The number of hydrogen-bond acceptors (Lipinski definition) is 4. The van der Waals surface area contributed by atoms with Crippen molar-refractivity contribution in [3.8, 4) is 0 Å². The summed E-state index contributed by atoms with van der Waals surface area (Å²) in [6.45, 7) is 5.52. The molecule has 62 valence electrons. The van der Waals surface area contributed by atoms with Crippen molar-refractivity contribution in [3.63, 3.8) is 0 Å². The Labute approximate surface area is 65.6 Å². The molecule has 0 N–H and O–H groups in total. The van der Waals surface area contributed by atoms with E-state index in [9.17, 15) is 0 Å². The van der Waals surface area contributed by atoms with Gasteiger partial charge in [-0.15, -0.1) is 0 Å². The average Bonchev–Trinajstić information content (AvgIpc) is 2.36. The fourth-order valence-electron chi connectivity index (χ4n) is 0.635. The van der Waals surface area contributed by atoms with E-state index in [1.807, 2.05) is 13.8 Å². The third-order valence-corrected chi connectivity index (χ3v) is 1.58. The lowest BCUT2D eigenvalue weighted by atomic mass is 10.1. The Morgan fingerprint density at radius 2 is 2.09 bits per heavy atom. The number of ether oxygens (including phenoxy) is 1. The van der Waals surface area contributed by atoms with Crippen LogP contribution < -0.4 is 0 Å². The molecule has 0 unspecified atom stereocenters. The summed E-state index contributed by atoms with van der Waals surface area (Å²) >= 11 is 0. The van der Waals surface area contributed by atoms with E-state index in [-0.39, 0.29) is 0 Å². The summed E-state index contributed by atoms with van der Waals surface area (Å²) in [4.78, 5) is 4.05. The Balaban J connectivity index is 2.92. The Kier molecular flexibility index (Phi) is 1.95. The summed E-state index contributed by atoms with van der Waals surface area (Å²) in [5, 5.41) is 3.75. The standard InChI is InChI=1S/C7H12N2O2/c1-5-8-6(9-11-5)7(2,3)10-4/h1-4H3. The minimum absolute atomic E-state index is 0.461. The molecule has 1 aromatic heterocycles. The minimum Gasteiger partial charge on any atom is -0.371 e. The molecule has 11 heavy (non-hydrogen) atoms. The summed E-state index contributed by atoms with van der Waals surface area (Å²) < 4.78 is 9.96. The van der Waals surface area contributed by atoms with Crippen LogP contribution in [0, 0.1) is 6.92 Å². The lowest BCUT2D eigenvalue weighted by Crippen LogP contribution is -2.21. The fraction of sp³-hybridized carbons (Fsp3) is 0.714. The quantitative estimate of drug-likeness (QED) is 0.646. The first-order chi connectivity index (χ1) is 5.06. The van der Waals surface area contributed by atoms with E-state index in [1.165, 1.54) is 0 Å². The molecular weight excluding hydrogens is 144 g/mol. The molecule has 0 saturated heterocycles. The number of nitrogens with zero attached hydrogens (tertiary/aromatic N) is 2. The van der Waals surface area contributed by atoms with Crippen LogP contribution in [0.3, 0.4) is 0 Å². The van der Waals surface area contributed by atoms with Crippen LogP contribution in [-0.2, 0) is 10.3 Å². The molecule has 0 atom stereocenters. The molecule has 0 amide bonds. The number of methoxy groups -OCH3 is 1. The van der Waals surface area contributed by atoms with Crippen LogP contribution in [0.2, 0.25) is 0 Å². The molecule has 0 saturated carbocycles. The van der Waals surface area contributed by atoms with Crippen LogP contribution >= 0.6 is 0 Å². The van der Waals surface area contributed by atoms with Crippen molar-refractivity contribution in [3.05, 3.63) is 11.7 Å². The molecule has 0 fully saturated rings. The molecule has 1 heterocycles. The van der Waals surface area contributed by atoms with E-state index < -0.39 is 5.60 Å². The van der Waals surface area contributed by atoms with E-state index >= 15 is 0 Å². The molecule has 0 aromatic carbocycles. The van der Waals surface area contributed by atoms with Gasteiger partial charge in [0.15, 0.2) is 0 Å². The van der Waals surface area contributed by atoms with Crippen LogP contribution in [0.5, 0.6) is 0 Å². The lowest BCUT2D eigenvalue weighted by Gasteiger charge is -2.17. The highest BCUT2D eigenvalue weighted by Gasteiger charge is 2.25. The number of aryl methyl sites for hydroxylation is 1. The Morgan fingerprint density at radius 1 is 1.45 bits per heavy atom. The largest absolute Gasteiger partial charge is 0.371 e. The van der Waals surface area contributed by atoms with Gasteiger partial charge in [-0.2, -0.15) is 4.98 Å². The first-order valence-corrected chi connectivity index (χ1v) is 3.42. The zero-order chi connectivity index (χ0) is 8.48. The van der Waals surface area contributed by atoms with Gasteiger partial charge in [-0.3, -0.25) is 0 Å². The van der Waals surface area contributed by atoms with Crippen molar-refractivity contribution in [2.45, 2.75) is 26.4 Å². The molecule has 0 spiro atoms. The molecule has 0 aliphatic rings. The number of aromatic nitrogens is 2. The molecule has 4 heteroatoms. The molecule has 4 nitrogen and oxygen atoms in total. The summed E-state index contributed by atoms with van der Waals surface area (Å²) in [5.74, 6) is 1.14. The summed E-state index contributed by atoms with van der Waals surface area (Å²) in [5.41, 5.74) is -0.461. The van der Waals surface area contributed by atoms with Gasteiger partial charge >= 0.3 is 0 Å². The van der Waals surface area contributed by atoms with Crippen molar-refractivity contribution >= 4 is 0 Å². The Bertz CT molecular complexity index is 242. The van der Waals surface area contributed by atoms with Gasteiger partial charge in [0.05, 0.1) is 0 Å². The van der Waals surface area contributed by atoms with Crippen molar-refractivity contribution in [2.75, 3.05) is 7.11 Å². The second kappa shape index (κ2) is 2.62. The summed E-state index contributed by atoms with van der Waals surface area (Å²) in [6, 6.07) is 0. The fourth-order valence-corrected chi connectivity index (χ4v) is 0.635. The monoisotopic (exact) mass is 156 g/mol. The van der Waals surface area contributed by atoms with Gasteiger partial charge in [-0.25, -0.2) is 0 Å². The second-order valence-corrected chi connectivity index (χ2v) is 2.85. The van der Waals surface area contributed by atoms with Crippen molar-refractivity contribution < 1.29 is 9.26 Å². The molecular formula is C7H12N2O2. The van der Waals surface area contributed by atoms with Crippen molar-refractivity contribution in [1.29, 1.82) is 0 Å². The van der Waals surface area contributed by atoms with Crippen LogP contribution in [0.25, 0.3) is 0 Å². The smallest absolute Gasteiger partial charge is 0.223 e. The maximum atomic E-state index is 5.15. The van der Waals surface area contributed by atoms with Crippen LogP contribution in [0.4, 0.5) is 0 Å².